The minimum atomic E-state index is -0.468. The molecule has 0 saturated heterocycles. The molecule has 0 N–H and O–H groups in total. The molecule has 0 spiro atoms. The molecule has 0 atom stereocenters. The lowest BCUT2D eigenvalue weighted by Crippen LogP contribution is -2.01. The lowest BCUT2D eigenvalue weighted by atomic mass is 10.1. The number of benzene rings is 3. The number of rotatable bonds is 6. The van der Waals surface area contributed by atoms with Crippen LogP contribution in [0.15, 0.2) is 71.9 Å². The summed E-state index contributed by atoms with van der Waals surface area (Å²) < 4.78 is 34.8. The van der Waals surface area contributed by atoms with E-state index >= 15 is 0 Å². The Kier molecular flexibility index (Phi) is 5.81. The molecule has 152 valence electrons. The van der Waals surface area contributed by atoms with Gasteiger partial charge in [-0.25, -0.2) is 8.78 Å². The van der Waals surface area contributed by atoms with Gasteiger partial charge in [0.1, 0.15) is 17.4 Å². The number of hydrogen-bond donors (Lipinski definition) is 0. The third kappa shape index (κ3) is 4.07. The number of methoxy groups -OCH3 is 1. The maximum atomic E-state index is 14.1. The van der Waals surface area contributed by atoms with Gasteiger partial charge in [0.05, 0.1) is 7.11 Å². The zero-order valence-corrected chi connectivity index (χ0v) is 17.3. The van der Waals surface area contributed by atoms with Crippen LogP contribution in [-0.2, 0) is 5.75 Å². The van der Waals surface area contributed by atoms with Crippen molar-refractivity contribution in [2.45, 2.75) is 17.8 Å². The van der Waals surface area contributed by atoms with Gasteiger partial charge >= 0.3 is 0 Å². The first-order valence-corrected chi connectivity index (χ1v) is 10.3. The van der Waals surface area contributed by atoms with Gasteiger partial charge in [-0.15, -0.1) is 10.2 Å². The lowest BCUT2D eigenvalue weighted by molar-refractivity contribution is 0.414. The van der Waals surface area contributed by atoms with E-state index in [4.69, 9.17) is 4.74 Å². The maximum Gasteiger partial charge on any atom is 0.196 e. The van der Waals surface area contributed by atoms with Crippen molar-refractivity contribution in [1.29, 1.82) is 0 Å². The zero-order valence-electron chi connectivity index (χ0n) is 16.5. The second kappa shape index (κ2) is 8.67. The maximum absolute atomic E-state index is 14.1. The molecule has 1 aromatic heterocycles. The van der Waals surface area contributed by atoms with Crippen LogP contribution in [0.25, 0.3) is 17.1 Å². The fraction of sp³-hybridized carbons (Fsp3) is 0.130. The van der Waals surface area contributed by atoms with Gasteiger partial charge in [0.15, 0.2) is 11.0 Å². The number of halogens is 2. The van der Waals surface area contributed by atoms with E-state index in [0.717, 1.165) is 34.7 Å². The highest BCUT2D eigenvalue weighted by Gasteiger charge is 2.18. The van der Waals surface area contributed by atoms with Crippen LogP contribution in [0.3, 0.4) is 0 Å². The van der Waals surface area contributed by atoms with Gasteiger partial charge in [-0.2, -0.15) is 0 Å². The van der Waals surface area contributed by atoms with E-state index < -0.39 is 11.6 Å². The van der Waals surface area contributed by atoms with Crippen molar-refractivity contribution < 1.29 is 13.5 Å². The molecule has 0 amide bonds. The average molecular weight is 423 g/mol. The van der Waals surface area contributed by atoms with Crippen LogP contribution in [0, 0.1) is 18.6 Å². The van der Waals surface area contributed by atoms with Crippen LogP contribution in [-0.4, -0.2) is 21.9 Å². The van der Waals surface area contributed by atoms with Crippen LogP contribution < -0.4 is 4.74 Å². The third-order valence-corrected chi connectivity index (χ3v) is 5.69. The summed E-state index contributed by atoms with van der Waals surface area (Å²) in [5.41, 5.74) is 3.14. The van der Waals surface area contributed by atoms with Crippen molar-refractivity contribution in [3.8, 4) is 22.8 Å². The highest BCUT2D eigenvalue weighted by Crippen LogP contribution is 2.32. The van der Waals surface area contributed by atoms with E-state index in [0.29, 0.717) is 11.0 Å². The fourth-order valence-corrected chi connectivity index (χ4v) is 4.05. The van der Waals surface area contributed by atoms with E-state index in [1.54, 1.807) is 7.11 Å². The zero-order chi connectivity index (χ0) is 21.1. The Labute approximate surface area is 177 Å². The lowest BCUT2D eigenvalue weighted by Gasteiger charge is -2.12. The molecule has 7 heteroatoms. The first kappa shape index (κ1) is 20.1. The molecular formula is C23H19F2N3OS. The van der Waals surface area contributed by atoms with Gasteiger partial charge in [-0.3, -0.25) is 4.57 Å². The first-order chi connectivity index (χ1) is 14.6. The molecule has 1 heterocycles. The summed E-state index contributed by atoms with van der Waals surface area (Å²) in [6.45, 7) is 2.01. The number of hydrogen-bond acceptors (Lipinski definition) is 4. The third-order valence-electron chi connectivity index (χ3n) is 4.71. The summed E-state index contributed by atoms with van der Waals surface area (Å²) in [7, 11) is 1.61. The normalized spacial score (nSPS) is 10.9. The van der Waals surface area contributed by atoms with Gasteiger partial charge in [-0.05, 0) is 55.0 Å². The number of ether oxygens (including phenoxy) is 1. The van der Waals surface area contributed by atoms with Crippen molar-refractivity contribution in [3.63, 3.8) is 0 Å². The molecule has 0 saturated carbocycles. The molecule has 4 aromatic rings. The van der Waals surface area contributed by atoms with Gasteiger partial charge < -0.3 is 4.74 Å². The quantitative estimate of drug-likeness (QED) is 0.366. The average Bonchev–Trinajstić information content (AvgIpc) is 3.18. The Morgan fingerprint density at radius 2 is 1.73 bits per heavy atom. The highest BCUT2D eigenvalue weighted by atomic mass is 32.2. The summed E-state index contributed by atoms with van der Waals surface area (Å²) in [6.07, 6.45) is 0. The van der Waals surface area contributed by atoms with Crippen LogP contribution in [0.5, 0.6) is 5.75 Å². The van der Waals surface area contributed by atoms with E-state index in [1.807, 2.05) is 60.0 Å². The van der Waals surface area contributed by atoms with Crippen LogP contribution >= 0.6 is 11.8 Å². The predicted molar refractivity (Wildman–Crippen MR) is 114 cm³/mol. The van der Waals surface area contributed by atoms with Gasteiger partial charge in [0.2, 0.25) is 0 Å². The van der Waals surface area contributed by atoms with Gasteiger partial charge in [0.25, 0.3) is 0 Å². The number of thioether (sulfide) groups is 1. The molecule has 0 fully saturated rings. The fourth-order valence-electron chi connectivity index (χ4n) is 3.12. The van der Waals surface area contributed by atoms with Crippen molar-refractivity contribution >= 4 is 11.8 Å². The largest absolute Gasteiger partial charge is 0.497 e. The van der Waals surface area contributed by atoms with Crippen LogP contribution in [0.4, 0.5) is 8.78 Å². The topological polar surface area (TPSA) is 39.9 Å². The minimum Gasteiger partial charge on any atom is -0.497 e. The van der Waals surface area contributed by atoms with Crippen molar-refractivity contribution in [2.75, 3.05) is 7.11 Å². The number of aromatic nitrogens is 3. The molecule has 30 heavy (non-hydrogen) atoms. The summed E-state index contributed by atoms with van der Waals surface area (Å²) >= 11 is 1.30. The summed E-state index contributed by atoms with van der Waals surface area (Å²) in [4.78, 5) is 0. The molecule has 3 aromatic carbocycles. The Morgan fingerprint density at radius 3 is 2.47 bits per heavy atom. The Bertz CT molecular complexity index is 1180. The molecular weight excluding hydrogens is 404 g/mol. The SMILES string of the molecule is COc1ccc(-n2c(SCc3cc(F)ccc3F)nnc2-c2ccccc2C)cc1. The second-order valence-electron chi connectivity index (χ2n) is 6.68. The van der Waals surface area contributed by atoms with E-state index in [-0.39, 0.29) is 11.3 Å². The molecule has 0 aliphatic carbocycles. The van der Waals surface area contributed by atoms with E-state index in [1.165, 1.54) is 17.8 Å². The summed E-state index contributed by atoms with van der Waals surface area (Å²) in [5, 5.41) is 9.35. The standard InChI is InChI=1S/C23H19F2N3OS/c1-15-5-3-4-6-20(15)22-26-27-23(28(22)18-8-10-19(29-2)11-9-18)30-14-16-13-17(24)7-12-21(16)25/h3-13H,14H2,1-2H3. The Balaban J connectivity index is 1.76. The highest BCUT2D eigenvalue weighted by molar-refractivity contribution is 7.98. The van der Waals surface area contributed by atoms with Crippen molar-refractivity contribution in [1.82, 2.24) is 14.8 Å². The first-order valence-electron chi connectivity index (χ1n) is 9.29. The smallest absolute Gasteiger partial charge is 0.196 e. The molecule has 4 rings (SSSR count). The molecule has 0 aliphatic rings. The van der Waals surface area contributed by atoms with Crippen LogP contribution in [0.1, 0.15) is 11.1 Å². The monoisotopic (exact) mass is 423 g/mol. The number of nitrogens with zero attached hydrogens (tertiary/aromatic N) is 3. The summed E-state index contributed by atoms with van der Waals surface area (Å²) in [6, 6.07) is 18.9. The van der Waals surface area contributed by atoms with Crippen LogP contribution in [0.2, 0.25) is 0 Å². The molecule has 0 aliphatic heterocycles. The van der Waals surface area contributed by atoms with Crippen molar-refractivity contribution in [3.05, 3.63) is 89.5 Å². The molecule has 0 radical (unpaired) electrons. The Hall–Kier alpha value is -3.19. The van der Waals surface area contributed by atoms with E-state index in [9.17, 15) is 8.78 Å². The second-order valence-corrected chi connectivity index (χ2v) is 7.62. The summed E-state index contributed by atoms with van der Waals surface area (Å²) in [5.74, 6) is 0.731. The molecule has 0 unspecified atom stereocenters. The molecule has 4 nitrogen and oxygen atoms in total. The predicted octanol–water partition coefficient (Wildman–Crippen LogP) is 5.82. The van der Waals surface area contributed by atoms with Gasteiger partial charge in [-0.1, -0.05) is 36.0 Å². The van der Waals surface area contributed by atoms with Gasteiger partial charge in [0, 0.05) is 22.6 Å². The number of aryl methyl sites for hydroxylation is 1. The Morgan fingerprint density at radius 1 is 0.967 bits per heavy atom. The minimum absolute atomic E-state index is 0.228. The van der Waals surface area contributed by atoms with Crippen molar-refractivity contribution in [2.24, 2.45) is 0 Å². The molecule has 0 bridgehead atoms. The van der Waals surface area contributed by atoms with E-state index in [2.05, 4.69) is 10.2 Å².